The van der Waals surface area contributed by atoms with E-state index in [0.717, 1.165) is 6.07 Å². The lowest BCUT2D eigenvalue weighted by molar-refractivity contribution is -0.137. The Morgan fingerprint density at radius 1 is 1.09 bits per heavy atom. The topological polar surface area (TPSA) is 67.9 Å². The minimum atomic E-state index is -4.35. The van der Waals surface area contributed by atoms with Crippen molar-refractivity contribution in [1.29, 1.82) is 0 Å². The van der Waals surface area contributed by atoms with Crippen LogP contribution in [0.1, 0.15) is 41.3 Å². The fourth-order valence-electron chi connectivity index (χ4n) is 3.76. The number of hydrogen-bond donors (Lipinski definition) is 1. The van der Waals surface area contributed by atoms with Gasteiger partial charge in [0.25, 0.3) is 5.91 Å². The number of likely N-dealkylation sites (tertiary alicyclic amines) is 1. The Balaban J connectivity index is 1.45. The maximum atomic E-state index is 12.9. The third-order valence-electron chi connectivity index (χ3n) is 5.54. The van der Waals surface area contributed by atoms with Crippen molar-refractivity contribution in [2.45, 2.75) is 38.5 Å². The summed E-state index contributed by atoms with van der Waals surface area (Å²) < 4.78 is 49.5. The van der Waals surface area contributed by atoms with E-state index in [-0.39, 0.29) is 24.3 Å². The summed E-state index contributed by atoms with van der Waals surface area (Å²) in [5.74, 6) is 0.368. The lowest BCUT2D eigenvalue weighted by Gasteiger charge is -2.32. The van der Waals surface area contributed by atoms with Crippen molar-refractivity contribution < 1.29 is 32.2 Å². The molecule has 9 heteroatoms. The highest BCUT2D eigenvalue weighted by Gasteiger charge is 2.30. The summed E-state index contributed by atoms with van der Waals surface area (Å²) in [6, 6.07) is 10.1. The molecule has 0 bridgehead atoms. The molecule has 0 spiro atoms. The van der Waals surface area contributed by atoms with Crippen LogP contribution < -0.4 is 14.8 Å². The third-order valence-corrected chi connectivity index (χ3v) is 5.54. The number of nitrogens with zero attached hydrogens (tertiary/aromatic N) is 1. The van der Waals surface area contributed by atoms with Crippen molar-refractivity contribution in [2.75, 3.05) is 26.8 Å². The minimum absolute atomic E-state index is 0.0270. The molecule has 33 heavy (non-hydrogen) atoms. The highest BCUT2D eigenvalue weighted by molar-refractivity contribution is 5.94. The number of nitrogens with one attached hydrogen (secondary N) is 1. The van der Waals surface area contributed by atoms with E-state index in [4.69, 9.17) is 9.47 Å². The Hall–Kier alpha value is -3.07. The summed E-state index contributed by atoms with van der Waals surface area (Å²) >= 11 is 0. The van der Waals surface area contributed by atoms with Gasteiger partial charge in [0.1, 0.15) is 0 Å². The van der Waals surface area contributed by atoms with Gasteiger partial charge in [0.15, 0.2) is 23.9 Å². The van der Waals surface area contributed by atoms with E-state index in [1.54, 1.807) is 24.3 Å². The molecule has 6 nitrogen and oxygen atoms in total. The molecule has 1 aliphatic rings. The van der Waals surface area contributed by atoms with Crippen molar-refractivity contribution >= 4 is 11.7 Å². The first-order chi connectivity index (χ1) is 15.7. The number of ether oxygens (including phenoxy) is 2. The van der Waals surface area contributed by atoms with Crippen molar-refractivity contribution in [2.24, 2.45) is 0 Å². The summed E-state index contributed by atoms with van der Waals surface area (Å²) in [5, 5.41) is 2.94. The van der Waals surface area contributed by atoms with Crippen molar-refractivity contribution in [1.82, 2.24) is 10.2 Å². The molecule has 0 radical (unpaired) electrons. The van der Waals surface area contributed by atoms with Crippen LogP contribution in [0.25, 0.3) is 0 Å². The van der Waals surface area contributed by atoms with Gasteiger partial charge < -0.3 is 14.8 Å². The van der Waals surface area contributed by atoms with Gasteiger partial charge >= 0.3 is 6.18 Å². The number of ketones is 1. The zero-order valence-corrected chi connectivity index (χ0v) is 18.6. The zero-order valence-electron chi connectivity index (χ0n) is 18.6. The lowest BCUT2D eigenvalue weighted by Crippen LogP contribution is -2.45. The number of Topliss-reactive ketones (excluding diaryl/α,β-unsaturated/α-hetero) is 1. The fourth-order valence-corrected chi connectivity index (χ4v) is 3.76. The van der Waals surface area contributed by atoms with Crippen LogP contribution in [-0.2, 0) is 17.5 Å². The van der Waals surface area contributed by atoms with Gasteiger partial charge in [0, 0.05) is 31.2 Å². The van der Waals surface area contributed by atoms with Gasteiger partial charge in [0.05, 0.1) is 12.7 Å². The average Bonchev–Trinajstić information content (AvgIpc) is 2.78. The van der Waals surface area contributed by atoms with E-state index in [1.165, 1.54) is 26.2 Å². The normalized spacial score (nSPS) is 15.2. The summed E-state index contributed by atoms with van der Waals surface area (Å²) in [6.45, 7) is 3.03. The fraction of sp³-hybridized carbons (Fsp3) is 0.417. The Kier molecular flexibility index (Phi) is 7.97. The number of alkyl halides is 3. The van der Waals surface area contributed by atoms with E-state index in [0.29, 0.717) is 55.1 Å². The quantitative estimate of drug-likeness (QED) is 0.597. The first-order valence-corrected chi connectivity index (χ1v) is 10.7. The largest absolute Gasteiger partial charge is 0.493 e. The highest BCUT2D eigenvalue weighted by Crippen LogP contribution is 2.30. The van der Waals surface area contributed by atoms with E-state index in [2.05, 4.69) is 10.2 Å². The van der Waals surface area contributed by atoms with Crippen LogP contribution in [0.5, 0.6) is 11.5 Å². The monoisotopic (exact) mass is 464 g/mol. The molecule has 1 aliphatic heterocycles. The number of hydrogen-bond acceptors (Lipinski definition) is 5. The first kappa shape index (κ1) is 24.6. The number of rotatable bonds is 8. The molecule has 1 fully saturated rings. The maximum absolute atomic E-state index is 12.9. The predicted molar refractivity (Wildman–Crippen MR) is 116 cm³/mol. The number of halogens is 3. The lowest BCUT2D eigenvalue weighted by atomic mass is 10.0. The van der Waals surface area contributed by atoms with Crippen LogP contribution in [0.3, 0.4) is 0 Å². The molecular weight excluding hydrogens is 437 g/mol. The molecule has 1 heterocycles. The molecule has 1 saturated heterocycles. The predicted octanol–water partition coefficient (Wildman–Crippen LogP) is 4.08. The second-order valence-electron chi connectivity index (χ2n) is 8.03. The van der Waals surface area contributed by atoms with E-state index < -0.39 is 11.7 Å². The number of amides is 1. The summed E-state index contributed by atoms with van der Waals surface area (Å²) in [4.78, 5) is 25.9. The van der Waals surface area contributed by atoms with Crippen molar-refractivity contribution in [3.63, 3.8) is 0 Å². The molecule has 178 valence electrons. The SMILES string of the molecule is COc1cc(C(C)=O)ccc1OCC(=O)NC1CCN(Cc2cccc(C(F)(F)F)c2)CC1. The standard InChI is InChI=1S/C24H27F3N2O4/c1-16(30)18-6-7-21(22(13-18)32-2)33-15-23(31)28-20-8-10-29(11-9-20)14-17-4-3-5-19(12-17)24(25,26)27/h3-7,12-13,20H,8-11,14-15H2,1-2H3,(H,28,31). The van der Waals surface area contributed by atoms with Gasteiger partial charge in [-0.15, -0.1) is 0 Å². The van der Waals surface area contributed by atoms with E-state index in [9.17, 15) is 22.8 Å². The Labute approximate surface area is 190 Å². The summed E-state index contributed by atoms with van der Waals surface area (Å²) in [7, 11) is 1.46. The van der Waals surface area contributed by atoms with Crippen LogP contribution in [0.15, 0.2) is 42.5 Å². The second kappa shape index (κ2) is 10.7. The molecule has 3 rings (SSSR count). The molecule has 0 unspecified atom stereocenters. The molecule has 0 saturated carbocycles. The van der Waals surface area contributed by atoms with Gasteiger partial charge in [-0.3, -0.25) is 14.5 Å². The van der Waals surface area contributed by atoms with Crippen LogP contribution in [-0.4, -0.2) is 49.4 Å². The summed E-state index contributed by atoms with van der Waals surface area (Å²) in [5.41, 5.74) is 0.459. The Bertz CT molecular complexity index is 986. The van der Waals surface area contributed by atoms with Crippen molar-refractivity contribution in [3.8, 4) is 11.5 Å². The van der Waals surface area contributed by atoms with Crippen LogP contribution in [0.4, 0.5) is 13.2 Å². The molecule has 0 aliphatic carbocycles. The van der Waals surface area contributed by atoms with Gasteiger partial charge in [0.2, 0.25) is 0 Å². The number of piperidine rings is 1. The highest BCUT2D eigenvalue weighted by atomic mass is 19.4. The molecule has 0 atom stereocenters. The Morgan fingerprint density at radius 3 is 2.45 bits per heavy atom. The summed E-state index contributed by atoms with van der Waals surface area (Å²) in [6.07, 6.45) is -2.96. The first-order valence-electron chi connectivity index (χ1n) is 10.7. The van der Waals surface area contributed by atoms with Crippen molar-refractivity contribution in [3.05, 3.63) is 59.2 Å². The molecule has 2 aromatic carbocycles. The maximum Gasteiger partial charge on any atom is 0.416 e. The minimum Gasteiger partial charge on any atom is -0.493 e. The zero-order chi connectivity index (χ0) is 24.0. The third kappa shape index (κ3) is 6.95. The second-order valence-corrected chi connectivity index (χ2v) is 8.03. The number of benzene rings is 2. The van der Waals surface area contributed by atoms with Crippen LogP contribution >= 0.6 is 0 Å². The Morgan fingerprint density at radius 2 is 1.82 bits per heavy atom. The molecular formula is C24H27F3N2O4. The van der Waals surface area contributed by atoms with Gasteiger partial charge in [-0.2, -0.15) is 13.2 Å². The van der Waals surface area contributed by atoms with Crippen LogP contribution in [0, 0.1) is 0 Å². The van der Waals surface area contributed by atoms with E-state index in [1.807, 2.05) is 0 Å². The van der Waals surface area contributed by atoms with Gasteiger partial charge in [-0.25, -0.2) is 0 Å². The van der Waals surface area contributed by atoms with Gasteiger partial charge in [-0.1, -0.05) is 18.2 Å². The smallest absolute Gasteiger partial charge is 0.416 e. The molecule has 2 aromatic rings. The number of carbonyl (C=O) groups is 2. The molecule has 1 N–H and O–H groups in total. The molecule has 0 aromatic heterocycles. The molecule has 1 amide bonds. The average molecular weight is 464 g/mol. The number of carbonyl (C=O) groups excluding carboxylic acids is 2. The van der Waals surface area contributed by atoms with E-state index >= 15 is 0 Å². The van der Waals surface area contributed by atoms with Crippen LogP contribution in [0.2, 0.25) is 0 Å². The number of methoxy groups -OCH3 is 1. The van der Waals surface area contributed by atoms with Gasteiger partial charge in [-0.05, 0) is 49.6 Å².